The van der Waals surface area contributed by atoms with Gasteiger partial charge in [0.05, 0.1) is 33.4 Å². The van der Waals surface area contributed by atoms with Crippen molar-refractivity contribution in [2.24, 2.45) is 0 Å². The molecule has 0 atom stereocenters. The summed E-state index contributed by atoms with van der Waals surface area (Å²) >= 11 is 0. The zero-order chi connectivity index (χ0) is 20.5. The lowest BCUT2D eigenvalue weighted by Gasteiger charge is -2.10. The third kappa shape index (κ3) is 3.57. The number of benzene rings is 2. The first-order valence-corrected chi connectivity index (χ1v) is 7.73. The molecule has 7 heteroatoms. The van der Waals surface area contributed by atoms with Crippen LogP contribution in [0.15, 0.2) is 48.7 Å². The van der Waals surface area contributed by atoms with Crippen molar-refractivity contribution in [3.8, 4) is 11.4 Å². The Labute approximate surface area is 152 Å². The van der Waals surface area contributed by atoms with Crippen molar-refractivity contribution in [3.05, 3.63) is 71.3 Å². The number of rotatable bonds is 5. The van der Waals surface area contributed by atoms with Crippen molar-refractivity contribution in [3.63, 3.8) is 0 Å². The van der Waals surface area contributed by atoms with Crippen LogP contribution in [0, 0.1) is 12.7 Å². The maximum Gasteiger partial charge on any atom is 0.259 e. The number of nitrogens with one attached hydrogen (secondary N) is 1. The molecule has 26 heavy (non-hydrogen) atoms. The summed E-state index contributed by atoms with van der Waals surface area (Å²) in [7, 11) is 1.34. The maximum atomic E-state index is 13.1. The number of aryl methyl sites for hydroxylation is 1. The average Bonchev–Trinajstić information content (AvgIpc) is 3.03. The second-order valence-electron chi connectivity index (χ2n) is 5.53. The largest absolute Gasteiger partial charge is 0.496 e. The van der Waals surface area contributed by atoms with E-state index >= 15 is 0 Å². The molecule has 2 aromatic carbocycles. The van der Waals surface area contributed by atoms with Gasteiger partial charge >= 0.3 is 0 Å². The Morgan fingerprint density at radius 3 is 2.73 bits per heavy atom. The molecule has 0 unspecified atom stereocenters. The Bertz CT molecular complexity index is 1010. The highest BCUT2D eigenvalue weighted by Gasteiger charge is 2.15. The standard InChI is InChI=1S/C19H18FN3O3/c1-12-17(10-23(22-12)16-7-4-14(20)5-8-16)19(25)21-15-6-3-13(11-24)18(9-15)26-2/h3-10,24H,11H2,1-2H3,(H,21,25)/i11D2. The van der Waals surface area contributed by atoms with Gasteiger partial charge in [-0.15, -0.1) is 0 Å². The third-order valence-corrected chi connectivity index (χ3v) is 3.81. The smallest absolute Gasteiger partial charge is 0.259 e. The van der Waals surface area contributed by atoms with E-state index in [4.69, 9.17) is 7.48 Å². The van der Waals surface area contributed by atoms with Gasteiger partial charge in [-0.3, -0.25) is 4.79 Å². The van der Waals surface area contributed by atoms with Gasteiger partial charge in [-0.1, -0.05) is 6.07 Å². The molecule has 0 fully saturated rings. The number of aromatic nitrogens is 2. The van der Waals surface area contributed by atoms with Crippen LogP contribution in [-0.2, 0) is 6.56 Å². The molecule has 3 aromatic rings. The summed E-state index contributed by atoms with van der Waals surface area (Å²) in [5, 5.41) is 16.5. The number of carbonyl (C=O) groups is 1. The monoisotopic (exact) mass is 357 g/mol. The van der Waals surface area contributed by atoms with Gasteiger partial charge in [0.25, 0.3) is 5.91 Å². The molecule has 0 bridgehead atoms. The summed E-state index contributed by atoms with van der Waals surface area (Å²) in [6, 6.07) is 9.93. The predicted octanol–water partition coefficient (Wildman–Crippen LogP) is 3.07. The number of nitrogens with zero attached hydrogens (tertiary/aromatic N) is 2. The fourth-order valence-corrected chi connectivity index (χ4v) is 2.47. The third-order valence-electron chi connectivity index (χ3n) is 3.81. The molecule has 1 aromatic heterocycles. The summed E-state index contributed by atoms with van der Waals surface area (Å²) in [5.74, 6) is -0.688. The van der Waals surface area contributed by atoms with Crippen LogP contribution in [0.4, 0.5) is 10.1 Å². The van der Waals surface area contributed by atoms with Gasteiger partial charge < -0.3 is 15.2 Å². The van der Waals surface area contributed by atoms with E-state index in [9.17, 15) is 14.3 Å². The number of anilines is 1. The van der Waals surface area contributed by atoms with Crippen LogP contribution >= 0.6 is 0 Å². The van der Waals surface area contributed by atoms with Crippen LogP contribution < -0.4 is 10.1 Å². The molecular formula is C19H18FN3O3. The molecule has 1 heterocycles. The van der Waals surface area contributed by atoms with E-state index in [0.29, 0.717) is 22.6 Å². The van der Waals surface area contributed by atoms with E-state index in [-0.39, 0.29) is 17.1 Å². The van der Waals surface area contributed by atoms with Crippen LogP contribution in [0.25, 0.3) is 5.69 Å². The van der Waals surface area contributed by atoms with E-state index in [0.717, 1.165) is 0 Å². The van der Waals surface area contributed by atoms with Gasteiger partial charge in [0.1, 0.15) is 11.6 Å². The first-order valence-electron chi connectivity index (χ1n) is 8.73. The molecular weight excluding hydrogens is 337 g/mol. The van der Waals surface area contributed by atoms with Gasteiger partial charge in [0, 0.05) is 23.5 Å². The number of hydrogen-bond acceptors (Lipinski definition) is 4. The van der Waals surface area contributed by atoms with Crippen LogP contribution in [0.5, 0.6) is 5.75 Å². The van der Waals surface area contributed by atoms with Gasteiger partial charge in [-0.05, 0) is 37.3 Å². The average molecular weight is 357 g/mol. The fourth-order valence-electron chi connectivity index (χ4n) is 2.47. The summed E-state index contributed by atoms with van der Waals surface area (Å²) in [4.78, 5) is 12.6. The fraction of sp³-hybridized carbons (Fsp3) is 0.158. The molecule has 134 valence electrons. The highest BCUT2D eigenvalue weighted by Crippen LogP contribution is 2.24. The van der Waals surface area contributed by atoms with Crippen molar-refractivity contribution >= 4 is 11.6 Å². The van der Waals surface area contributed by atoms with Crippen LogP contribution in [-0.4, -0.2) is 27.9 Å². The number of aliphatic hydroxyl groups is 1. The number of amides is 1. The molecule has 0 aliphatic rings. The van der Waals surface area contributed by atoms with Crippen LogP contribution in [0.1, 0.15) is 24.4 Å². The minimum atomic E-state index is -2.57. The normalized spacial score (nSPS) is 12.3. The van der Waals surface area contributed by atoms with E-state index in [2.05, 4.69) is 10.4 Å². The summed E-state index contributed by atoms with van der Waals surface area (Å²) in [6.07, 6.45) is 1.54. The van der Waals surface area contributed by atoms with Crippen molar-refractivity contribution in [2.75, 3.05) is 12.4 Å². The van der Waals surface area contributed by atoms with Crippen molar-refractivity contribution < 1.29 is 21.8 Å². The van der Waals surface area contributed by atoms with Crippen LogP contribution in [0.2, 0.25) is 0 Å². The van der Waals surface area contributed by atoms with Gasteiger partial charge in [0.15, 0.2) is 0 Å². The summed E-state index contributed by atoms with van der Waals surface area (Å²) < 4.78 is 34.5. The molecule has 0 aliphatic carbocycles. The highest BCUT2D eigenvalue weighted by molar-refractivity contribution is 6.05. The summed E-state index contributed by atoms with van der Waals surface area (Å²) in [6.45, 7) is -0.889. The van der Waals surface area contributed by atoms with Crippen LogP contribution in [0.3, 0.4) is 0 Å². The predicted molar refractivity (Wildman–Crippen MR) is 95.1 cm³/mol. The van der Waals surface area contributed by atoms with E-state index < -0.39 is 12.5 Å². The number of carbonyl (C=O) groups excluding carboxylic acids is 1. The number of halogens is 1. The summed E-state index contributed by atoms with van der Waals surface area (Å²) in [5.41, 5.74) is 1.73. The van der Waals surface area contributed by atoms with Gasteiger partial charge in [0.2, 0.25) is 0 Å². The molecule has 0 aliphatic heterocycles. The van der Waals surface area contributed by atoms with Gasteiger partial charge in [-0.2, -0.15) is 5.10 Å². The lowest BCUT2D eigenvalue weighted by atomic mass is 10.1. The lowest BCUT2D eigenvalue weighted by Crippen LogP contribution is -2.12. The van der Waals surface area contributed by atoms with E-state index in [1.165, 1.54) is 48.3 Å². The zero-order valence-electron chi connectivity index (χ0n) is 16.2. The molecule has 0 spiro atoms. The Kier molecular flexibility index (Phi) is 4.28. The molecule has 2 N–H and O–H groups in total. The second kappa shape index (κ2) is 7.37. The molecule has 0 radical (unpaired) electrons. The van der Waals surface area contributed by atoms with Crippen molar-refractivity contribution in [2.45, 2.75) is 13.5 Å². The molecule has 0 saturated heterocycles. The zero-order valence-corrected chi connectivity index (χ0v) is 14.2. The highest BCUT2D eigenvalue weighted by atomic mass is 19.1. The minimum absolute atomic E-state index is 0.0479. The van der Waals surface area contributed by atoms with Crippen molar-refractivity contribution in [1.82, 2.24) is 9.78 Å². The minimum Gasteiger partial charge on any atom is -0.496 e. The lowest BCUT2D eigenvalue weighted by molar-refractivity contribution is 0.102. The Morgan fingerprint density at radius 1 is 1.35 bits per heavy atom. The number of ether oxygens (including phenoxy) is 1. The first kappa shape index (κ1) is 15.1. The SMILES string of the molecule is [2H]C([2H])(O)c1ccc(NC(=O)c2cn(-c3ccc(F)cc3)nc2C)cc1OC. The molecule has 3 rings (SSSR count). The number of hydrogen-bond donors (Lipinski definition) is 2. The Balaban J connectivity index is 1.85. The molecule has 1 amide bonds. The topological polar surface area (TPSA) is 76.4 Å². The number of methoxy groups -OCH3 is 1. The van der Waals surface area contributed by atoms with Crippen molar-refractivity contribution in [1.29, 1.82) is 0 Å². The first-order chi connectivity index (χ1) is 13.2. The van der Waals surface area contributed by atoms with E-state index in [1.807, 2.05) is 0 Å². The molecule has 0 saturated carbocycles. The Morgan fingerprint density at radius 2 is 2.08 bits per heavy atom. The molecule has 6 nitrogen and oxygen atoms in total. The second-order valence-corrected chi connectivity index (χ2v) is 5.53. The Hall–Kier alpha value is -3.19. The quantitative estimate of drug-likeness (QED) is 0.736. The maximum absolute atomic E-state index is 13.1. The van der Waals surface area contributed by atoms with E-state index in [1.54, 1.807) is 19.1 Å². The van der Waals surface area contributed by atoms with Gasteiger partial charge in [-0.25, -0.2) is 9.07 Å².